The van der Waals surface area contributed by atoms with Gasteiger partial charge in [-0.3, -0.25) is 4.79 Å². The molecule has 0 amide bonds. The lowest BCUT2D eigenvalue weighted by atomic mass is 10.2. The number of fused-ring (bicyclic) bond motifs is 2. The van der Waals surface area contributed by atoms with Gasteiger partial charge in [0.15, 0.2) is 5.43 Å². The third-order valence-corrected chi connectivity index (χ3v) is 4.59. The van der Waals surface area contributed by atoms with Crippen molar-refractivity contribution in [1.29, 1.82) is 0 Å². The van der Waals surface area contributed by atoms with Crippen LogP contribution in [0.5, 0.6) is 0 Å². The standard InChI is InChI=1S/C13H7ClOS.C6H6/c14-8-5-6-12-10(7-8)13(15)9-3-1-2-4-11(9)16-12;1-2-4-6-5-3-1/h1-7H;1-6H. The van der Waals surface area contributed by atoms with E-state index in [1.54, 1.807) is 17.4 Å². The van der Waals surface area contributed by atoms with Gasteiger partial charge in [-0.1, -0.05) is 60.1 Å². The van der Waals surface area contributed by atoms with E-state index in [0.29, 0.717) is 10.4 Å². The summed E-state index contributed by atoms with van der Waals surface area (Å²) in [5.41, 5.74) is 0.0619. The molecule has 1 aromatic heterocycles. The van der Waals surface area contributed by atoms with Gasteiger partial charge in [0.2, 0.25) is 0 Å². The summed E-state index contributed by atoms with van der Waals surface area (Å²) in [7, 11) is 0. The van der Waals surface area contributed by atoms with Crippen LogP contribution in [-0.2, 0) is 0 Å². The third-order valence-electron chi connectivity index (χ3n) is 3.20. The summed E-state index contributed by atoms with van der Waals surface area (Å²) in [6, 6.07) is 25.1. The molecule has 22 heavy (non-hydrogen) atoms. The number of halogens is 1. The monoisotopic (exact) mass is 324 g/mol. The van der Waals surface area contributed by atoms with E-state index in [1.165, 1.54) is 0 Å². The van der Waals surface area contributed by atoms with Crippen molar-refractivity contribution < 1.29 is 0 Å². The van der Waals surface area contributed by atoms with E-state index in [4.69, 9.17) is 11.6 Å². The van der Waals surface area contributed by atoms with Gasteiger partial charge in [-0.25, -0.2) is 0 Å². The Morgan fingerprint density at radius 1 is 0.682 bits per heavy atom. The van der Waals surface area contributed by atoms with E-state index in [1.807, 2.05) is 72.8 Å². The van der Waals surface area contributed by atoms with Crippen molar-refractivity contribution in [1.82, 2.24) is 0 Å². The Bertz CT molecular complexity index is 934. The Morgan fingerprint density at radius 2 is 1.27 bits per heavy atom. The van der Waals surface area contributed by atoms with Crippen LogP contribution < -0.4 is 5.43 Å². The molecule has 0 saturated heterocycles. The van der Waals surface area contributed by atoms with E-state index in [0.717, 1.165) is 14.8 Å². The summed E-state index contributed by atoms with van der Waals surface area (Å²) >= 11 is 7.52. The fourth-order valence-electron chi connectivity index (χ4n) is 2.16. The van der Waals surface area contributed by atoms with Crippen molar-refractivity contribution in [3.63, 3.8) is 0 Å². The molecule has 0 atom stereocenters. The van der Waals surface area contributed by atoms with Crippen molar-refractivity contribution >= 4 is 43.1 Å². The highest BCUT2D eigenvalue weighted by molar-refractivity contribution is 7.24. The summed E-state index contributed by atoms with van der Waals surface area (Å²) in [5.74, 6) is 0. The maximum Gasteiger partial charge on any atom is 0.195 e. The van der Waals surface area contributed by atoms with Gasteiger partial charge < -0.3 is 0 Å². The summed E-state index contributed by atoms with van der Waals surface area (Å²) in [5, 5.41) is 2.07. The van der Waals surface area contributed by atoms with Crippen molar-refractivity contribution in [2.24, 2.45) is 0 Å². The molecular weight excluding hydrogens is 312 g/mol. The fraction of sp³-hybridized carbons (Fsp3) is 0. The Morgan fingerprint density at radius 3 is 1.95 bits per heavy atom. The topological polar surface area (TPSA) is 17.1 Å². The zero-order chi connectivity index (χ0) is 15.4. The van der Waals surface area contributed by atoms with Gasteiger partial charge in [0.05, 0.1) is 0 Å². The molecule has 0 aliphatic heterocycles. The van der Waals surface area contributed by atoms with Crippen LogP contribution in [0.4, 0.5) is 0 Å². The molecule has 0 N–H and O–H groups in total. The molecule has 108 valence electrons. The molecule has 3 heteroatoms. The molecule has 1 heterocycles. The smallest absolute Gasteiger partial charge is 0.195 e. The van der Waals surface area contributed by atoms with E-state index >= 15 is 0 Å². The second kappa shape index (κ2) is 6.73. The second-order valence-electron chi connectivity index (χ2n) is 4.72. The molecule has 3 aromatic carbocycles. The summed E-state index contributed by atoms with van der Waals surface area (Å²) in [6.45, 7) is 0. The average Bonchev–Trinajstić information content (AvgIpc) is 2.58. The molecule has 4 aromatic rings. The predicted molar refractivity (Wildman–Crippen MR) is 97.1 cm³/mol. The number of rotatable bonds is 0. The first-order valence-corrected chi connectivity index (χ1v) is 8.06. The van der Waals surface area contributed by atoms with Crippen LogP contribution in [0.15, 0.2) is 83.7 Å². The minimum absolute atomic E-state index is 0.0619. The van der Waals surface area contributed by atoms with Gasteiger partial charge in [-0.05, 0) is 30.3 Å². The van der Waals surface area contributed by atoms with E-state index in [9.17, 15) is 4.79 Å². The lowest BCUT2D eigenvalue weighted by Crippen LogP contribution is -2.00. The molecule has 0 unspecified atom stereocenters. The van der Waals surface area contributed by atoms with Gasteiger partial charge in [-0.2, -0.15) is 0 Å². The Hall–Kier alpha value is -2.16. The summed E-state index contributed by atoms with van der Waals surface area (Å²) in [6.07, 6.45) is 0. The molecule has 0 saturated carbocycles. The van der Waals surface area contributed by atoms with E-state index in [-0.39, 0.29) is 5.43 Å². The number of hydrogen-bond donors (Lipinski definition) is 0. The molecule has 0 aliphatic rings. The van der Waals surface area contributed by atoms with Crippen molar-refractivity contribution in [3.05, 3.63) is 94.1 Å². The van der Waals surface area contributed by atoms with Crippen LogP contribution in [0.3, 0.4) is 0 Å². The quantitative estimate of drug-likeness (QED) is 0.376. The minimum atomic E-state index is 0.0619. The number of benzene rings is 3. The molecule has 4 rings (SSSR count). The highest BCUT2D eigenvalue weighted by atomic mass is 35.5. The van der Waals surface area contributed by atoms with Crippen molar-refractivity contribution in [3.8, 4) is 0 Å². The van der Waals surface area contributed by atoms with Crippen LogP contribution in [0.2, 0.25) is 5.02 Å². The largest absolute Gasteiger partial charge is 0.289 e. The highest BCUT2D eigenvalue weighted by Crippen LogP contribution is 2.26. The Labute approximate surface area is 137 Å². The van der Waals surface area contributed by atoms with Gasteiger partial charge in [0, 0.05) is 25.2 Å². The van der Waals surface area contributed by atoms with Crippen LogP contribution >= 0.6 is 22.9 Å². The van der Waals surface area contributed by atoms with Crippen LogP contribution in [0, 0.1) is 0 Å². The molecule has 0 bridgehead atoms. The highest BCUT2D eigenvalue weighted by Gasteiger charge is 2.05. The fourth-order valence-corrected chi connectivity index (χ4v) is 3.38. The molecule has 0 aliphatic carbocycles. The van der Waals surface area contributed by atoms with Crippen molar-refractivity contribution in [2.75, 3.05) is 0 Å². The van der Waals surface area contributed by atoms with Gasteiger partial charge in [0.1, 0.15) is 0 Å². The molecule has 0 spiro atoms. The van der Waals surface area contributed by atoms with Gasteiger partial charge >= 0.3 is 0 Å². The zero-order valence-electron chi connectivity index (χ0n) is 11.7. The first-order valence-electron chi connectivity index (χ1n) is 6.87. The summed E-state index contributed by atoms with van der Waals surface area (Å²) < 4.78 is 2.00. The molecular formula is C19H13ClOS. The molecule has 0 radical (unpaired) electrons. The Balaban J connectivity index is 0.000000202. The van der Waals surface area contributed by atoms with Gasteiger partial charge in [-0.15, -0.1) is 11.3 Å². The van der Waals surface area contributed by atoms with Crippen LogP contribution in [-0.4, -0.2) is 0 Å². The Kier molecular flexibility index (Phi) is 4.52. The maximum atomic E-state index is 12.2. The number of hydrogen-bond acceptors (Lipinski definition) is 2. The summed E-state index contributed by atoms with van der Waals surface area (Å²) in [4.78, 5) is 12.2. The van der Waals surface area contributed by atoms with Crippen LogP contribution in [0.1, 0.15) is 0 Å². The normalized spacial score (nSPS) is 10.2. The SMILES string of the molecule is O=c1c2ccccc2sc2ccc(Cl)cc12.c1ccccc1. The van der Waals surface area contributed by atoms with E-state index < -0.39 is 0 Å². The third kappa shape index (κ3) is 3.19. The van der Waals surface area contributed by atoms with Crippen LogP contribution in [0.25, 0.3) is 20.2 Å². The first kappa shape index (κ1) is 14.8. The lowest BCUT2D eigenvalue weighted by molar-refractivity contribution is 1.72. The van der Waals surface area contributed by atoms with Gasteiger partial charge in [0.25, 0.3) is 0 Å². The zero-order valence-corrected chi connectivity index (χ0v) is 13.3. The van der Waals surface area contributed by atoms with Crippen molar-refractivity contribution in [2.45, 2.75) is 0 Å². The maximum absolute atomic E-state index is 12.2. The molecule has 1 nitrogen and oxygen atoms in total. The average molecular weight is 325 g/mol. The van der Waals surface area contributed by atoms with E-state index in [2.05, 4.69) is 0 Å². The molecule has 0 fully saturated rings. The lowest BCUT2D eigenvalue weighted by Gasteiger charge is -2.00. The minimum Gasteiger partial charge on any atom is -0.289 e. The second-order valence-corrected chi connectivity index (χ2v) is 6.24. The predicted octanol–water partition coefficient (Wildman–Crippen LogP) is 5.75. The first-order chi connectivity index (χ1) is 10.8.